The van der Waals surface area contributed by atoms with Crippen LogP contribution in [0.4, 0.5) is 0 Å². The fourth-order valence-electron chi connectivity index (χ4n) is 1.98. The molecule has 0 spiro atoms. The van der Waals surface area contributed by atoms with Crippen molar-refractivity contribution in [1.29, 1.82) is 0 Å². The number of rotatable bonds is 6. The molecule has 3 atom stereocenters. The molecule has 1 amide bonds. The summed E-state index contributed by atoms with van der Waals surface area (Å²) in [6.07, 6.45) is 3.46. The second-order valence-corrected chi connectivity index (χ2v) is 4.52. The number of hydrogen-bond donors (Lipinski definition) is 2. The minimum Gasteiger partial charge on any atom is -0.377 e. The Balaban J connectivity index is 2.26. The van der Waals surface area contributed by atoms with Gasteiger partial charge in [0.2, 0.25) is 5.91 Å². The van der Waals surface area contributed by atoms with Crippen LogP contribution in [0.5, 0.6) is 0 Å². The van der Waals surface area contributed by atoms with E-state index in [0.29, 0.717) is 0 Å². The lowest BCUT2D eigenvalue weighted by Gasteiger charge is -2.23. The first-order valence-corrected chi connectivity index (χ1v) is 6.30. The molecule has 4 nitrogen and oxygen atoms in total. The topological polar surface area (TPSA) is 50.4 Å². The number of hydrogen-bond acceptors (Lipinski definition) is 3. The lowest BCUT2D eigenvalue weighted by Crippen LogP contribution is -2.49. The Labute approximate surface area is 98.1 Å². The van der Waals surface area contributed by atoms with Gasteiger partial charge in [-0.15, -0.1) is 0 Å². The van der Waals surface area contributed by atoms with Gasteiger partial charge in [0.05, 0.1) is 12.1 Å². The summed E-state index contributed by atoms with van der Waals surface area (Å²) in [5, 5.41) is 6.18. The molecule has 16 heavy (non-hydrogen) atoms. The first kappa shape index (κ1) is 13.5. The van der Waals surface area contributed by atoms with E-state index in [9.17, 15) is 4.79 Å². The molecule has 0 aromatic heterocycles. The number of amides is 1. The number of nitrogens with one attached hydrogen (secondary N) is 2. The Hall–Kier alpha value is -0.610. The van der Waals surface area contributed by atoms with Gasteiger partial charge in [-0.05, 0) is 33.1 Å². The van der Waals surface area contributed by atoms with E-state index < -0.39 is 0 Å². The summed E-state index contributed by atoms with van der Waals surface area (Å²) in [7, 11) is 0. The van der Waals surface area contributed by atoms with Crippen molar-refractivity contribution in [3.05, 3.63) is 0 Å². The summed E-state index contributed by atoms with van der Waals surface area (Å²) in [6, 6.07) is 0.0932. The first-order valence-electron chi connectivity index (χ1n) is 6.30. The van der Waals surface area contributed by atoms with Crippen molar-refractivity contribution in [2.45, 2.75) is 58.2 Å². The van der Waals surface area contributed by atoms with Crippen LogP contribution in [0.2, 0.25) is 0 Å². The van der Waals surface area contributed by atoms with E-state index in [4.69, 9.17) is 4.74 Å². The summed E-state index contributed by atoms with van der Waals surface area (Å²) in [4.78, 5) is 11.6. The molecular weight excluding hydrogens is 204 g/mol. The molecule has 0 aromatic carbocycles. The molecule has 2 N–H and O–H groups in total. The van der Waals surface area contributed by atoms with Crippen LogP contribution in [0, 0.1) is 0 Å². The highest BCUT2D eigenvalue weighted by molar-refractivity contribution is 5.81. The van der Waals surface area contributed by atoms with E-state index in [2.05, 4.69) is 17.6 Å². The number of carbonyl (C=O) groups excluding carboxylic acids is 1. The summed E-state index contributed by atoms with van der Waals surface area (Å²) in [5.41, 5.74) is 0. The quantitative estimate of drug-likeness (QED) is 0.714. The zero-order valence-corrected chi connectivity index (χ0v) is 10.6. The molecule has 0 aromatic rings. The average molecular weight is 228 g/mol. The van der Waals surface area contributed by atoms with Gasteiger partial charge in [-0.25, -0.2) is 0 Å². The maximum atomic E-state index is 11.6. The third-order valence-corrected chi connectivity index (χ3v) is 2.98. The molecule has 4 heteroatoms. The minimum absolute atomic E-state index is 0.0756. The lowest BCUT2D eigenvalue weighted by atomic mass is 10.1. The normalized spacial score (nSPS) is 24.1. The van der Waals surface area contributed by atoms with Crippen LogP contribution < -0.4 is 10.6 Å². The molecule has 1 fully saturated rings. The largest absolute Gasteiger partial charge is 0.377 e. The van der Waals surface area contributed by atoms with Gasteiger partial charge in [0, 0.05) is 19.2 Å². The Kier molecular flexibility index (Phi) is 5.77. The third kappa shape index (κ3) is 4.10. The predicted molar refractivity (Wildman–Crippen MR) is 64.3 cm³/mol. The van der Waals surface area contributed by atoms with Crippen LogP contribution >= 0.6 is 0 Å². The standard InChI is InChI=1S/C12H24N2O2/c1-4-7-13-12(15)10(3)14-9(2)11-6-5-8-16-11/h9-11,14H,4-8H2,1-3H3,(H,13,15). The highest BCUT2D eigenvalue weighted by Crippen LogP contribution is 2.15. The molecule has 0 aliphatic carbocycles. The van der Waals surface area contributed by atoms with Gasteiger partial charge < -0.3 is 15.4 Å². The smallest absolute Gasteiger partial charge is 0.236 e. The van der Waals surface area contributed by atoms with Gasteiger partial charge >= 0.3 is 0 Å². The van der Waals surface area contributed by atoms with Crippen LogP contribution in [-0.2, 0) is 9.53 Å². The molecule has 94 valence electrons. The van der Waals surface area contributed by atoms with E-state index in [1.54, 1.807) is 0 Å². The van der Waals surface area contributed by atoms with Gasteiger partial charge in [0.1, 0.15) is 0 Å². The van der Waals surface area contributed by atoms with E-state index >= 15 is 0 Å². The summed E-state index contributed by atoms with van der Waals surface area (Å²) in [5.74, 6) is 0.0756. The van der Waals surface area contributed by atoms with Crippen LogP contribution in [-0.4, -0.2) is 37.2 Å². The fraction of sp³-hybridized carbons (Fsp3) is 0.917. The van der Waals surface area contributed by atoms with Crippen LogP contribution in [0.25, 0.3) is 0 Å². The van der Waals surface area contributed by atoms with E-state index in [0.717, 1.165) is 32.4 Å². The molecule has 1 aliphatic heterocycles. The van der Waals surface area contributed by atoms with Gasteiger partial charge in [-0.1, -0.05) is 6.92 Å². The van der Waals surface area contributed by atoms with Crippen LogP contribution in [0.1, 0.15) is 40.0 Å². The minimum atomic E-state index is -0.147. The van der Waals surface area contributed by atoms with E-state index in [-0.39, 0.29) is 24.1 Å². The monoisotopic (exact) mass is 228 g/mol. The second kappa shape index (κ2) is 6.86. The molecular formula is C12H24N2O2. The maximum Gasteiger partial charge on any atom is 0.236 e. The van der Waals surface area contributed by atoms with Crippen molar-refractivity contribution < 1.29 is 9.53 Å². The second-order valence-electron chi connectivity index (χ2n) is 4.52. The molecule has 0 saturated carbocycles. The Morgan fingerprint density at radius 1 is 1.50 bits per heavy atom. The zero-order chi connectivity index (χ0) is 12.0. The predicted octanol–water partition coefficient (Wildman–Crippen LogP) is 1.06. The van der Waals surface area contributed by atoms with Crippen molar-refractivity contribution in [2.75, 3.05) is 13.2 Å². The lowest BCUT2D eigenvalue weighted by molar-refractivity contribution is -0.123. The molecule has 1 saturated heterocycles. The first-order chi connectivity index (χ1) is 7.65. The Bertz CT molecular complexity index is 215. The maximum absolute atomic E-state index is 11.6. The molecule has 3 unspecified atom stereocenters. The van der Waals surface area contributed by atoms with Crippen molar-refractivity contribution >= 4 is 5.91 Å². The van der Waals surface area contributed by atoms with E-state index in [1.165, 1.54) is 0 Å². The van der Waals surface area contributed by atoms with Crippen LogP contribution in [0.15, 0.2) is 0 Å². The van der Waals surface area contributed by atoms with Crippen molar-refractivity contribution in [3.63, 3.8) is 0 Å². The van der Waals surface area contributed by atoms with Gasteiger partial charge in [0.25, 0.3) is 0 Å². The van der Waals surface area contributed by atoms with Crippen molar-refractivity contribution in [1.82, 2.24) is 10.6 Å². The molecule has 1 aliphatic rings. The SMILES string of the molecule is CCCNC(=O)C(C)NC(C)C1CCCO1. The van der Waals surface area contributed by atoms with Crippen LogP contribution in [0.3, 0.4) is 0 Å². The summed E-state index contributed by atoms with van der Waals surface area (Å²) in [6.45, 7) is 7.63. The Morgan fingerprint density at radius 3 is 2.81 bits per heavy atom. The summed E-state index contributed by atoms with van der Waals surface area (Å²) < 4.78 is 5.58. The van der Waals surface area contributed by atoms with Gasteiger partial charge in [-0.3, -0.25) is 4.79 Å². The highest BCUT2D eigenvalue weighted by atomic mass is 16.5. The average Bonchev–Trinajstić information content (AvgIpc) is 2.79. The van der Waals surface area contributed by atoms with Crippen molar-refractivity contribution in [3.8, 4) is 0 Å². The molecule has 1 heterocycles. The summed E-state index contributed by atoms with van der Waals surface area (Å²) >= 11 is 0. The molecule has 1 rings (SSSR count). The van der Waals surface area contributed by atoms with Crippen molar-refractivity contribution in [2.24, 2.45) is 0 Å². The number of carbonyl (C=O) groups is 1. The zero-order valence-electron chi connectivity index (χ0n) is 10.6. The molecule has 0 bridgehead atoms. The van der Waals surface area contributed by atoms with Gasteiger partial charge in [0.15, 0.2) is 0 Å². The highest BCUT2D eigenvalue weighted by Gasteiger charge is 2.24. The van der Waals surface area contributed by atoms with Gasteiger partial charge in [-0.2, -0.15) is 0 Å². The Morgan fingerprint density at radius 2 is 2.25 bits per heavy atom. The molecule has 0 radical (unpaired) electrons. The van der Waals surface area contributed by atoms with E-state index in [1.807, 2.05) is 13.8 Å². The third-order valence-electron chi connectivity index (χ3n) is 2.98. The number of ether oxygens (including phenoxy) is 1. The fourth-order valence-corrected chi connectivity index (χ4v) is 1.98.